The zero-order valence-corrected chi connectivity index (χ0v) is 7.75. The SMILES string of the molecule is Sc1ccccc1Nc1ccn[nH]1. The second-order valence-electron chi connectivity index (χ2n) is 2.61. The average Bonchev–Trinajstić information content (AvgIpc) is 2.61. The Kier molecular flexibility index (Phi) is 2.23. The van der Waals surface area contributed by atoms with Gasteiger partial charge in [-0.25, -0.2) is 0 Å². The molecule has 13 heavy (non-hydrogen) atoms. The number of aromatic nitrogens is 2. The molecule has 0 aliphatic carbocycles. The summed E-state index contributed by atoms with van der Waals surface area (Å²) in [4.78, 5) is 0.914. The molecule has 1 heterocycles. The van der Waals surface area contributed by atoms with Gasteiger partial charge in [-0.2, -0.15) is 5.10 Å². The van der Waals surface area contributed by atoms with E-state index in [1.54, 1.807) is 6.20 Å². The standard InChI is InChI=1S/C9H9N3S/c13-8-4-2-1-3-7(8)11-9-5-6-10-12-9/h1-6,13H,(H2,10,11,12). The van der Waals surface area contributed by atoms with Crippen molar-refractivity contribution in [1.29, 1.82) is 0 Å². The first-order chi connectivity index (χ1) is 6.36. The van der Waals surface area contributed by atoms with E-state index in [4.69, 9.17) is 0 Å². The van der Waals surface area contributed by atoms with Gasteiger partial charge in [-0.3, -0.25) is 5.10 Å². The maximum Gasteiger partial charge on any atom is 0.125 e. The lowest BCUT2D eigenvalue weighted by Crippen LogP contribution is -1.91. The van der Waals surface area contributed by atoms with Crippen LogP contribution in [-0.2, 0) is 0 Å². The van der Waals surface area contributed by atoms with Gasteiger partial charge in [-0.1, -0.05) is 12.1 Å². The van der Waals surface area contributed by atoms with Crippen LogP contribution < -0.4 is 5.32 Å². The fourth-order valence-corrected chi connectivity index (χ4v) is 1.27. The summed E-state index contributed by atoms with van der Waals surface area (Å²) >= 11 is 4.31. The summed E-state index contributed by atoms with van der Waals surface area (Å²) in [6.07, 6.45) is 1.70. The van der Waals surface area contributed by atoms with E-state index >= 15 is 0 Å². The normalized spacial score (nSPS) is 9.92. The Bertz CT molecular complexity index is 384. The number of anilines is 2. The van der Waals surface area contributed by atoms with E-state index in [-0.39, 0.29) is 0 Å². The van der Waals surface area contributed by atoms with E-state index in [9.17, 15) is 0 Å². The monoisotopic (exact) mass is 191 g/mol. The van der Waals surface area contributed by atoms with Gasteiger partial charge in [0, 0.05) is 11.0 Å². The largest absolute Gasteiger partial charge is 0.340 e. The van der Waals surface area contributed by atoms with Crippen LogP contribution in [0.15, 0.2) is 41.4 Å². The summed E-state index contributed by atoms with van der Waals surface area (Å²) in [5, 5.41) is 9.81. The maximum absolute atomic E-state index is 4.31. The smallest absolute Gasteiger partial charge is 0.125 e. The van der Waals surface area contributed by atoms with Crippen LogP contribution in [0.3, 0.4) is 0 Å². The quantitative estimate of drug-likeness (QED) is 0.638. The zero-order valence-electron chi connectivity index (χ0n) is 6.86. The van der Waals surface area contributed by atoms with Gasteiger partial charge < -0.3 is 5.32 Å². The molecule has 0 unspecified atom stereocenters. The number of benzene rings is 1. The molecule has 1 aromatic heterocycles. The summed E-state index contributed by atoms with van der Waals surface area (Å²) in [6, 6.07) is 9.66. The van der Waals surface area contributed by atoms with Crippen LogP contribution in [0.4, 0.5) is 11.5 Å². The molecule has 3 nitrogen and oxygen atoms in total. The molecule has 4 heteroatoms. The molecule has 0 saturated heterocycles. The predicted molar refractivity (Wildman–Crippen MR) is 55.6 cm³/mol. The second-order valence-corrected chi connectivity index (χ2v) is 3.09. The molecule has 0 aliphatic heterocycles. The summed E-state index contributed by atoms with van der Waals surface area (Å²) < 4.78 is 0. The molecule has 66 valence electrons. The number of nitrogens with zero attached hydrogens (tertiary/aromatic N) is 1. The second kappa shape index (κ2) is 3.53. The minimum absolute atomic E-state index is 0.863. The lowest BCUT2D eigenvalue weighted by molar-refractivity contribution is 1.09. The summed E-state index contributed by atoms with van der Waals surface area (Å²) in [7, 11) is 0. The summed E-state index contributed by atoms with van der Waals surface area (Å²) in [6.45, 7) is 0. The highest BCUT2D eigenvalue weighted by molar-refractivity contribution is 7.80. The first-order valence-electron chi connectivity index (χ1n) is 3.90. The van der Waals surface area contributed by atoms with Crippen molar-refractivity contribution in [1.82, 2.24) is 10.2 Å². The van der Waals surface area contributed by atoms with E-state index in [1.807, 2.05) is 30.3 Å². The van der Waals surface area contributed by atoms with Crippen LogP contribution in [0.2, 0.25) is 0 Å². The molecule has 0 radical (unpaired) electrons. The number of hydrogen-bond donors (Lipinski definition) is 3. The van der Waals surface area contributed by atoms with Crippen molar-refractivity contribution in [2.75, 3.05) is 5.32 Å². The molecule has 0 fully saturated rings. The third kappa shape index (κ3) is 1.84. The molecule has 2 N–H and O–H groups in total. The van der Waals surface area contributed by atoms with Gasteiger partial charge in [0.25, 0.3) is 0 Å². The van der Waals surface area contributed by atoms with E-state index < -0.39 is 0 Å². The van der Waals surface area contributed by atoms with E-state index in [0.29, 0.717) is 0 Å². The van der Waals surface area contributed by atoms with Crippen molar-refractivity contribution in [2.45, 2.75) is 4.90 Å². The van der Waals surface area contributed by atoms with Gasteiger partial charge in [0.05, 0.1) is 11.9 Å². The van der Waals surface area contributed by atoms with Gasteiger partial charge >= 0.3 is 0 Å². The third-order valence-electron chi connectivity index (χ3n) is 1.67. The van der Waals surface area contributed by atoms with Crippen molar-refractivity contribution >= 4 is 24.1 Å². The topological polar surface area (TPSA) is 40.7 Å². The van der Waals surface area contributed by atoms with E-state index in [0.717, 1.165) is 16.4 Å². The van der Waals surface area contributed by atoms with Crippen molar-refractivity contribution < 1.29 is 0 Å². The molecular weight excluding hydrogens is 182 g/mol. The minimum atomic E-state index is 0.863. The fourth-order valence-electron chi connectivity index (χ4n) is 1.05. The van der Waals surface area contributed by atoms with Gasteiger partial charge in [0.1, 0.15) is 5.82 Å². The lowest BCUT2D eigenvalue weighted by atomic mass is 10.3. The lowest BCUT2D eigenvalue weighted by Gasteiger charge is -2.05. The third-order valence-corrected chi connectivity index (χ3v) is 2.06. The molecule has 0 amide bonds. The summed E-state index contributed by atoms with van der Waals surface area (Å²) in [5.74, 6) is 0.863. The Morgan fingerprint density at radius 3 is 2.77 bits per heavy atom. The Morgan fingerprint density at radius 1 is 1.23 bits per heavy atom. The Morgan fingerprint density at radius 2 is 2.08 bits per heavy atom. The molecule has 0 spiro atoms. The van der Waals surface area contributed by atoms with Crippen molar-refractivity contribution in [3.63, 3.8) is 0 Å². The van der Waals surface area contributed by atoms with Gasteiger partial charge in [0.2, 0.25) is 0 Å². The van der Waals surface area contributed by atoms with E-state index in [2.05, 4.69) is 28.1 Å². The minimum Gasteiger partial charge on any atom is -0.340 e. The first-order valence-corrected chi connectivity index (χ1v) is 4.35. The molecule has 0 aliphatic rings. The number of hydrogen-bond acceptors (Lipinski definition) is 3. The van der Waals surface area contributed by atoms with Crippen LogP contribution in [0.25, 0.3) is 0 Å². The number of nitrogens with one attached hydrogen (secondary N) is 2. The highest BCUT2D eigenvalue weighted by Gasteiger charge is 1.97. The molecule has 0 bridgehead atoms. The van der Waals surface area contributed by atoms with Crippen LogP contribution in [0.5, 0.6) is 0 Å². The highest BCUT2D eigenvalue weighted by Crippen LogP contribution is 2.21. The number of rotatable bonds is 2. The molecule has 2 aromatic rings. The Labute approximate surface area is 81.6 Å². The fraction of sp³-hybridized carbons (Fsp3) is 0. The number of thiol groups is 1. The molecule has 1 aromatic carbocycles. The average molecular weight is 191 g/mol. The van der Waals surface area contributed by atoms with Crippen molar-refractivity contribution in [2.24, 2.45) is 0 Å². The van der Waals surface area contributed by atoms with Crippen LogP contribution >= 0.6 is 12.6 Å². The molecular formula is C9H9N3S. The number of para-hydroxylation sites is 1. The molecule has 2 rings (SSSR count). The number of aromatic amines is 1. The van der Waals surface area contributed by atoms with Crippen molar-refractivity contribution in [3.05, 3.63) is 36.5 Å². The zero-order chi connectivity index (χ0) is 9.10. The van der Waals surface area contributed by atoms with Crippen molar-refractivity contribution in [3.8, 4) is 0 Å². The molecule has 0 atom stereocenters. The molecule has 0 saturated carbocycles. The van der Waals surface area contributed by atoms with Crippen LogP contribution in [0.1, 0.15) is 0 Å². The summed E-state index contributed by atoms with van der Waals surface area (Å²) in [5.41, 5.74) is 0.968. The number of H-pyrrole nitrogens is 1. The van der Waals surface area contributed by atoms with Crippen LogP contribution in [-0.4, -0.2) is 10.2 Å². The van der Waals surface area contributed by atoms with Gasteiger partial charge in [-0.15, -0.1) is 12.6 Å². The first kappa shape index (κ1) is 8.19. The maximum atomic E-state index is 4.31. The predicted octanol–water partition coefficient (Wildman–Crippen LogP) is 2.44. The van der Waals surface area contributed by atoms with Gasteiger partial charge in [-0.05, 0) is 12.1 Å². The van der Waals surface area contributed by atoms with Crippen LogP contribution in [0, 0.1) is 0 Å². The van der Waals surface area contributed by atoms with E-state index in [1.165, 1.54) is 0 Å². The Balaban J connectivity index is 2.24. The Hall–Kier alpha value is -1.42. The van der Waals surface area contributed by atoms with Gasteiger partial charge in [0.15, 0.2) is 0 Å². The highest BCUT2D eigenvalue weighted by atomic mass is 32.1.